The fourth-order valence-electron chi connectivity index (χ4n) is 1.44. The molecule has 0 aliphatic carbocycles. The summed E-state index contributed by atoms with van der Waals surface area (Å²) in [5.74, 6) is 8.08. The first-order valence-corrected chi connectivity index (χ1v) is 7.37. The molecule has 0 aliphatic rings. The van der Waals surface area contributed by atoms with Crippen LogP contribution in [0.2, 0.25) is 0 Å². The fraction of sp³-hybridized carbons (Fsp3) is 0.692. The molecule has 3 N–H and O–H groups in total. The van der Waals surface area contributed by atoms with Gasteiger partial charge >= 0.3 is 0 Å². The van der Waals surface area contributed by atoms with Crippen LogP contribution in [-0.4, -0.2) is 41.3 Å². The van der Waals surface area contributed by atoms with Crippen LogP contribution in [0.3, 0.4) is 0 Å². The van der Waals surface area contributed by atoms with Gasteiger partial charge in [0.25, 0.3) is 0 Å². The molecule has 0 aliphatic heterocycles. The third-order valence-corrected chi connectivity index (χ3v) is 3.74. The Kier molecular flexibility index (Phi) is 5.58. The standard InChI is InChI=1S/C13H25N5S/c1-9-10(17-14)15-12(13(2,3)4)16-11(9)19-8-7-18(5)6/h7-8,14H2,1-6H3,(H,15,16,17). The maximum atomic E-state index is 5.55. The number of aromatic nitrogens is 2. The van der Waals surface area contributed by atoms with Gasteiger partial charge in [-0.2, -0.15) is 0 Å². The minimum Gasteiger partial charge on any atom is -0.309 e. The van der Waals surface area contributed by atoms with Crippen molar-refractivity contribution >= 4 is 17.6 Å². The summed E-state index contributed by atoms with van der Waals surface area (Å²) in [6.07, 6.45) is 0. The summed E-state index contributed by atoms with van der Waals surface area (Å²) in [5.41, 5.74) is 3.60. The van der Waals surface area contributed by atoms with Gasteiger partial charge in [0.2, 0.25) is 0 Å². The van der Waals surface area contributed by atoms with E-state index in [0.717, 1.165) is 28.7 Å². The van der Waals surface area contributed by atoms with Crippen LogP contribution >= 0.6 is 11.8 Å². The summed E-state index contributed by atoms with van der Waals surface area (Å²) in [5, 5.41) is 1.01. The molecule has 0 aromatic carbocycles. The van der Waals surface area contributed by atoms with Gasteiger partial charge in [-0.3, -0.25) is 0 Å². The first-order chi connectivity index (χ1) is 8.75. The second-order valence-corrected chi connectivity index (χ2v) is 6.96. The molecule has 1 aromatic heterocycles. The lowest BCUT2D eigenvalue weighted by Gasteiger charge is -2.20. The molecular formula is C13H25N5S. The van der Waals surface area contributed by atoms with Gasteiger partial charge in [0.05, 0.1) is 0 Å². The maximum Gasteiger partial charge on any atom is 0.147 e. The third kappa shape index (κ3) is 4.63. The smallest absolute Gasteiger partial charge is 0.147 e. The number of hydrazine groups is 1. The Morgan fingerprint density at radius 2 is 1.89 bits per heavy atom. The summed E-state index contributed by atoms with van der Waals surface area (Å²) >= 11 is 1.75. The predicted octanol–water partition coefficient (Wildman–Crippen LogP) is 2.02. The van der Waals surface area contributed by atoms with E-state index in [1.165, 1.54) is 0 Å². The highest BCUT2D eigenvalue weighted by atomic mass is 32.2. The van der Waals surface area contributed by atoms with E-state index in [1.807, 2.05) is 6.92 Å². The normalized spacial score (nSPS) is 12.0. The monoisotopic (exact) mass is 283 g/mol. The molecule has 1 heterocycles. The molecule has 108 valence electrons. The quantitative estimate of drug-likeness (QED) is 0.373. The molecule has 1 rings (SSSR count). The Morgan fingerprint density at radius 3 is 2.37 bits per heavy atom. The second kappa shape index (κ2) is 6.54. The predicted molar refractivity (Wildman–Crippen MR) is 82.6 cm³/mol. The van der Waals surface area contributed by atoms with Crippen molar-refractivity contribution in [1.82, 2.24) is 14.9 Å². The van der Waals surface area contributed by atoms with Gasteiger partial charge < -0.3 is 10.3 Å². The number of nitrogens with two attached hydrogens (primary N) is 1. The van der Waals surface area contributed by atoms with Crippen LogP contribution < -0.4 is 11.3 Å². The van der Waals surface area contributed by atoms with Crippen molar-refractivity contribution in [2.24, 2.45) is 5.84 Å². The van der Waals surface area contributed by atoms with E-state index in [9.17, 15) is 0 Å². The van der Waals surface area contributed by atoms with Gasteiger partial charge in [-0.1, -0.05) is 20.8 Å². The molecule has 19 heavy (non-hydrogen) atoms. The Balaban J connectivity index is 3.01. The van der Waals surface area contributed by atoms with Crippen LogP contribution in [0, 0.1) is 6.92 Å². The summed E-state index contributed by atoms with van der Waals surface area (Å²) in [7, 11) is 4.14. The molecule has 5 nitrogen and oxygen atoms in total. The van der Waals surface area contributed by atoms with Crippen LogP contribution in [0.5, 0.6) is 0 Å². The highest BCUT2D eigenvalue weighted by Crippen LogP contribution is 2.28. The van der Waals surface area contributed by atoms with Crippen LogP contribution in [-0.2, 0) is 5.41 Å². The summed E-state index contributed by atoms with van der Waals surface area (Å²) in [6.45, 7) is 9.33. The Labute approximate surface area is 120 Å². The van der Waals surface area contributed by atoms with Gasteiger partial charge in [-0.15, -0.1) is 11.8 Å². The minimum absolute atomic E-state index is 0.0871. The van der Waals surface area contributed by atoms with Crippen LogP contribution in [0.1, 0.15) is 32.2 Å². The number of thioether (sulfide) groups is 1. The summed E-state index contributed by atoms with van der Waals surface area (Å²) < 4.78 is 0. The lowest BCUT2D eigenvalue weighted by atomic mass is 9.95. The van der Waals surface area contributed by atoms with Crippen LogP contribution in [0.15, 0.2) is 5.03 Å². The molecule has 0 amide bonds. The van der Waals surface area contributed by atoms with Crippen molar-refractivity contribution in [2.75, 3.05) is 31.8 Å². The molecule has 0 saturated carbocycles. The Morgan fingerprint density at radius 1 is 1.26 bits per heavy atom. The number of hydrogen-bond donors (Lipinski definition) is 2. The largest absolute Gasteiger partial charge is 0.309 e. The SMILES string of the molecule is Cc1c(NN)nc(C(C)(C)C)nc1SCCN(C)C. The van der Waals surface area contributed by atoms with Gasteiger partial charge in [0.15, 0.2) is 0 Å². The maximum absolute atomic E-state index is 5.55. The van der Waals surface area contributed by atoms with Crippen LogP contribution in [0.4, 0.5) is 5.82 Å². The van der Waals surface area contributed by atoms with Crippen LogP contribution in [0.25, 0.3) is 0 Å². The topological polar surface area (TPSA) is 67.1 Å². The van der Waals surface area contributed by atoms with E-state index < -0.39 is 0 Å². The zero-order valence-electron chi connectivity index (χ0n) is 12.7. The first kappa shape index (κ1) is 16.2. The molecule has 0 spiro atoms. The molecule has 0 radical (unpaired) electrons. The molecule has 0 atom stereocenters. The fourth-order valence-corrected chi connectivity index (χ4v) is 2.55. The van der Waals surface area contributed by atoms with Crippen molar-refractivity contribution in [2.45, 2.75) is 38.1 Å². The molecule has 6 heteroatoms. The molecular weight excluding hydrogens is 258 g/mol. The van der Waals surface area contributed by atoms with Crippen molar-refractivity contribution in [3.05, 3.63) is 11.4 Å². The van der Waals surface area contributed by atoms with Crippen molar-refractivity contribution in [3.63, 3.8) is 0 Å². The van der Waals surface area contributed by atoms with Gasteiger partial charge in [-0.25, -0.2) is 15.8 Å². The van der Waals surface area contributed by atoms with E-state index in [-0.39, 0.29) is 5.41 Å². The van der Waals surface area contributed by atoms with Gasteiger partial charge in [0.1, 0.15) is 16.7 Å². The number of rotatable bonds is 5. The van der Waals surface area contributed by atoms with Crippen molar-refractivity contribution < 1.29 is 0 Å². The zero-order chi connectivity index (χ0) is 14.6. The number of anilines is 1. The van der Waals surface area contributed by atoms with E-state index in [2.05, 4.69) is 55.2 Å². The van der Waals surface area contributed by atoms with E-state index in [0.29, 0.717) is 5.82 Å². The van der Waals surface area contributed by atoms with Crippen molar-refractivity contribution in [3.8, 4) is 0 Å². The minimum atomic E-state index is -0.0871. The average molecular weight is 283 g/mol. The summed E-state index contributed by atoms with van der Waals surface area (Å²) in [4.78, 5) is 11.3. The lowest BCUT2D eigenvalue weighted by molar-refractivity contribution is 0.437. The summed E-state index contributed by atoms with van der Waals surface area (Å²) in [6, 6.07) is 0. The van der Waals surface area contributed by atoms with Gasteiger partial charge in [0, 0.05) is 23.3 Å². The number of nitrogens with zero attached hydrogens (tertiary/aromatic N) is 3. The number of nitrogen functional groups attached to an aromatic ring is 1. The van der Waals surface area contributed by atoms with Crippen molar-refractivity contribution in [1.29, 1.82) is 0 Å². The molecule has 0 saturated heterocycles. The highest BCUT2D eigenvalue weighted by Gasteiger charge is 2.21. The highest BCUT2D eigenvalue weighted by molar-refractivity contribution is 7.99. The Hall–Kier alpha value is -0.850. The Bertz CT molecular complexity index is 426. The third-order valence-electron chi connectivity index (χ3n) is 2.69. The van der Waals surface area contributed by atoms with E-state index >= 15 is 0 Å². The average Bonchev–Trinajstić information content (AvgIpc) is 2.29. The lowest BCUT2D eigenvalue weighted by Crippen LogP contribution is -2.21. The molecule has 0 unspecified atom stereocenters. The molecule has 1 aromatic rings. The zero-order valence-corrected chi connectivity index (χ0v) is 13.6. The van der Waals surface area contributed by atoms with Gasteiger partial charge in [-0.05, 0) is 21.0 Å². The first-order valence-electron chi connectivity index (χ1n) is 6.39. The molecule has 0 bridgehead atoms. The number of nitrogens with one attached hydrogen (secondary N) is 1. The molecule has 0 fully saturated rings. The van der Waals surface area contributed by atoms with E-state index in [1.54, 1.807) is 11.8 Å². The number of hydrogen-bond acceptors (Lipinski definition) is 6. The second-order valence-electron chi connectivity index (χ2n) is 5.87. The van der Waals surface area contributed by atoms with E-state index in [4.69, 9.17) is 5.84 Å².